The minimum absolute atomic E-state index is 0.115. The van der Waals surface area contributed by atoms with E-state index in [2.05, 4.69) is 5.10 Å². The molecular weight excluding hydrogens is 318 g/mol. The van der Waals surface area contributed by atoms with E-state index in [9.17, 15) is 9.59 Å². The summed E-state index contributed by atoms with van der Waals surface area (Å²) in [5.41, 5.74) is 0.0496. The van der Waals surface area contributed by atoms with Gasteiger partial charge in [0.25, 0.3) is 5.91 Å². The monoisotopic (exact) mass is 337 g/mol. The molecule has 0 N–H and O–H groups in total. The number of amides is 1. The topological polar surface area (TPSA) is 68.3 Å². The van der Waals surface area contributed by atoms with Gasteiger partial charge in [0.2, 0.25) is 0 Å². The van der Waals surface area contributed by atoms with Crippen LogP contribution in [0.2, 0.25) is 0 Å². The SMILES string of the molecule is O=C(c1cc2ccccc2oc1=O)N1CCC(Cn2cccn2)CC1. The van der Waals surface area contributed by atoms with Crippen molar-refractivity contribution in [2.24, 2.45) is 5.92 Å². The predicted octanol–water partition coefficient (Wildman–Crippen LogP) is 2.54. The smallest absolute Gasteiger partial charge is 0.349 e. The van der Waals surface area contributed by atoms with Gasteiger partial charge in [0.1, 0.15) is 11.1 Å². The van der Waals surface area contributed by atoms with Crippen molar-refractivity contribution in [3.8, 4) is 0 Å². The van der Waals surface area contributed by atoms with Gasteiger partial charge in [-0.2, -0.15) is 5.10 Å². The maximum atomic E-state index is 12.7. The first-order valence-electron chi connectivity index (χ1n) is 8.50. The quantitative estimate of drug-likeness (QED) is 0.689. The fourth-order valence-electron chi connectivity index (χ4n) is 3.37. The molecule has 0 aliphatic carbocycles. The zero-order valence-corrected chi connectivity index (χ0v) is 13.8. The molecule has 1 amide bonds. The van der Waals surface area contributed by atoms with E-state index in [1.165, 1.54) is 0 Å². The number of piperidine rings is 1. The number of para-hydroxylation sites is 1. The Morgan fingerprint density at radius 1 is 1.20 bits per heavy atom. The van der Waals surface area contributed by atoms with Gasteiger partial charge in [0.05, 0.1) is 0 Å². The Bertz CT molecular complexity index is 938. The molecule has 4 rings (SSSR count). The van der Waals surface area contributed by atoms with Crippen molar-refractivity contribution in [1.82, 2.24) is 14.7 Å². The molecule has 128 valence electrons. The summed E-state index contributed by atoms with van der Waals surface area (Å²) in [6.45, 7) is 2.17. The molecule has 0 bridgehead atoms. The number of nitrogens with zero attached hydrogens (tertiary/aromatic N) is 3. The second-order valence-corrected chi connectivity index (χ2v) is 6.45. The summed E-state index contributed by atoms with van der Waals surface area (Å²) in [5.74, 6) is 0.258. The van der Waals surface area contributed by atoms with Gasteiger partial charge in [0, 0.05) is 37.4 Å². The summed E-state index contributed by atoms with van der Waals surface area (Å²) in [6.07, 6.45) is 5.55. The lowest BCUT2D eigenvalue weighted by atomic mass is 9.96. The van der Waals surface area contributed by atoms with Gasteiger partial charge in [-0.1, -0.05) is 18.2 Å². The Labute approximate surface area is 144 Å². The molecule has 0 radical (unpaired) electrons. The van der Waals surface area contributed by atoms with E-state index in [1.807, 2.05) is 29.1 Å². The van der Waals surface area contributed by atoms with E-state index in [0.29, 0.717) is 24.6 Å². The van der Waals surface area contributed by atoms with Crippen LogP contribution in [0.1, 0.15) is 23.2 Å². The van der Waals surface area contributed by atoms with Crippen molar-refractivity contribution in [2.45, 2.75) is 19.4 Å². The minimum atomic E-state index is -0.567. The van der Waals surface area contributed by atoms with Crippen LogP contribution >= 0.6 is 0 Å². The molecule has 25 heavy (non-hydrogen) atoms. The van der Waals surface area contributed by atoms with Crippen molar-refractivity contribution < 1.29 is 9.21 Å². The number of carbonyl (C=O) groups excluding carboxylic acids is 1. The van der Waals surface area contributed by atoms with E-state index in [-0.39, 0.29) is 11.5 Å². The van der Waals surface area contributed by atoms with E-state index >= 15 is 0 Å². The zero-order valence-electron chi connectivity index (χ0n) is 13.8. The molecule has 0 saturated carbocycles. The van der Waals surface area contributed by atoms with Gasteiger partial charge in [-0.05, 0) is 37.0 Å². The predicted molar refractivity (Wildman–Crippen MR) is 93.3 cm³/mol. The Kier molecular flexibility index (Phi) is 4.09. The Hall–Kier alpha value is -2.89. The highest BCUT2D eigenvalue weighted by molar-refractivity contribution is 5.96. The summed E-state index contributed by atoms with van der Waals surface area (Å²) >= 11 is 0. The van der Waals surface area contributed by atoms with Crippen LogP contribution < -0.4 is 5.63 Å². The normalized spacial score (nSPS) is 15.6. The summed E-state index contributed by atoms with van der Waals surface area (Å²) in [5, 5.41) is 5.00. The molecule has 1 aromatic carbocycles. The molecule has 3 aromatic rings. The van der Waals surface area contributed by atoms with E-state index in [0.717, 1.165) is 24.8 Å². The van der Waals surface area contributed by atoms with Crippen LogP contribution in [-0.2, 0) is 6.54 Å². The van der Waals surface area contributed by atoms with Crippen LogP contribution in [0, 0.1) is 5.92 Å². The summed E-state index contributed by atoms with van der Waals surface area (Å²) < 4.78 is 7.21. The van der Waals surface area contributed by atoms with Gasteiger partial charge in [-0.15, -0.1) is 0 Å². The molecule has 1 aliphatic heterocycles. The number of aromatic nitrogens is 2. The molecular formula is C19H19N3O3. The summed E-state index contributed by atoms with van der Waals surface area (Å²) in [4.78, 5) is 26.7. The lowest BCUT2D eigenvalue weighted by Crippen LogP contribution is -2.41. The van der Waals surface area contributed by atoms with E-state index in [4.69, 9.17) is 4.42 Å². The van der Waals surface area contributed by atoms with Crippen LogP contribution in [0.15, 0.2) is 58.0 Å². The van der Waals surface area contributed by atoms with E-state index in [1.54, 1.807) is 29.3 Å². The molecule has 3 heterocycles. The van der Waals surface area contributed by atoms with Crippen molar-refractivity contribution in [1.29, 1.82) is 0 Å². The first-order valence-corrected chi connectivity index (χ1v) is 8.50. The summed E-state index contributed by atoms with van der Waals surface area (Å²) in [6, 6.07) is 10.8. The number of likely N-dealkylation sites (tertiary alicyclic amines) is 1. The average Bonchev–Trinajstić information content (AvgIpc) is 3.14. The molecule has 1 aliphatic rings. The highest BCUT2D eigenvalue weighted by Gasteiger charge is 2.26. The van der Waals surface area contributed by atoms with E-state index < -0.39 is 5.63 Å². The van der Waals surface area contributed by atoms with Crippen molar-refractivity contribution in [2.75, 3.05) is 13.1 Å². The van der Waals surface area contributed by atoms with Crippen LogP contribution in [0.5, 0.6) is 0 Å². The number of benzene rings is 1. The maximum absolute atomic E-state index is 12.7. The Morgan fingerprint density at radius 3 is 2.76 bits per heavy atom. The highest BCUT2D eigenvalue weighted by Crippen LogP contribution is 2.21. The fraction of sp³-hybridized carbons (Fsp3) is 0.316. The largest absolute Gasteiger partial charge is 0.422 e. The van der Waals surface area contributed by atoms with Gasteiger partial charge < -0.3 is 9.32 Å². The van der Waals surface area contributed by atoms with Crippen molar-refractivity contribution in [3.05, 3.63) is 64.8 Å². The number of carbonyl (C=O) groups is 1. The minimum Gasteiger partial charge on any atom is -0.422 e. The lowest BCUT2D eigenvalue weighted by molar-refractivity contribution is 0.0677. The first kappa shape index (κ1) is 15.6. The Morgan fingerprint density at radius 2 is 2.00 bits per heavy atom. The van der Waals surface area contributed by atoms with Crippen LogP contribution in [-0.4, -0.2) is 33.7 Å². The number of rotatable bonds is 3. The molecule has 6 heteroatoms. The van der Waals surface area contributed by atoms with Gasteiger partial charge in [-0.3, -0.25) is 9.48 Å². The number of hydrogen-bond acceptors (Lipinski definition) is 4. The van der Waals surface area contributed by atoms with Gasteiger partial charge in [-0.25, -0.2) is 4.79 Å². The molecule has 1 saturated heterocycles. The standard InChI is InChI=1S/C19H19N3O3/c23-18(16-12-15-4-1-2-5-17(15)25-19(16)24)21-10-6-14(7-11-21)13-22-9-3-8-20-22/h1-5,8-9,12,14H,6-7,10-11,13H2. The average molecular weight is 337 g/mol. The first-order chi connectivity index (χ1) is 12.2. The highest BCUT2D eigenvalue weighted by atomic mass is 16.4. The second-order valence-electron chi connectivity index (χ2n) is 6.45. The third kappa shape index (κ3) is 3.20. The fourth-order valence-corrected chi connectivity index (χ4v) is 3.37. The molecule has 0 unspecified atom stereocenters. The molecule has 0 spiro atoms. The maximum Gasteiger partial charge on any atom is 0.349 e. The van der Waals surface area contributed by atoms with Crippen molar-refractivity contribution >= 4 is 16.9 Å². The third-order valence-electron chi connectivity index (χ3n) is 4.78. The molecule has 6 nitrogen and oxygen atoms in total. The van der Waals surface area contributed by atoms with Gasteiger partial charge in [0.15, 0.2) is 0 Å². The van der Waals surface area contributed by atoms with Crippen LogP contribution in [0.25, 0.3) is 11.0 Å². The molecule has 0 atom stereocenters. The van der Waals surface area contributed by atoms with Crippen LogP contribution in [0.4, 0.5) is 0 Å². The van der Waals surface area contributed by atoms with Gasteiger partial charge >= 0.3 is 5.63 Å². The lowest BCUT2D eigenvalue weighted by Gasteiger charge is -2.31. The number of fused-ring (bicyclic) bond motifs is 1. The molecule has 1 fully saturated rings. The van der Waals surface area contributed by atoms with Crippen LogP contribution in [0.3, 0.4) is 0 Å². The Balaban J connectivity index is 1.47. The zero-order chi connectivity index (χ0) is 17.2. The second kappa shape index (κ2) is 6.55. The third-order valence-corrected chi connectivity index (χ3v) is 4.78. The van der Waals surface area contributed by atoms with Crippen molar-refractivity contribution in [3.63, 3.8) is 0 Å². The number of hydrogen-bond donors (Lipinski definition) is 0. The summed E-state index contributed by atoms with van der Waals surface area (Å²) in [7, 11) is 0. The molecule has 2 aromatic heterocycles.